The number of carbonyl (C=O) groups excluding carboxylic acids is 1. The molecule has 1 aliphatic heterocycles. The summed E-state index contributed by atoms with van der Waals surface area (Å²) < 4.78 is 1.07. The van der Waals surface area contributed by atoms with Gasteiger partial charge in [0.2, 0.25) is 0 Å². The van der Waals surface area contributed by atoms with Crippen LogP contribution in [0.4, 0.5) is 0 Å². The second-order valence-corrected chi connectivity index (χ2v) is 5.54. The number of hydrogen-bond donors (Lipinski definition) is 1. The molecule has 0 spiro atoms. The molecule has 92 valence electrons. The van der Waals surface area contributed by atoms with Gasteiger partial charge in [0, 0.05) is 22.7 Å². The first-order valence-corrected chi connectivity index (χ1v) is 6.93. The van der Waals surface area contributed by atoms with Crippen molar-refractivity contribution in [2.75, 3.05) is 20.1 Å². The largest absolute Gasteiger partial charge is 0.337 e. The molecule has 2 rings (SSSR count). The number of likely N-dealkylation sites (tertiary alicyclic amines) is 1. The van der Waals surface area contributed by atoms with Crippen molar-refractivity contribution in [1.29, 1.82) is 0 Å². The molecule has 1 aliphatic rings. The van der Waals surface area contributed by atoms with E-state index in [1.54, 1.807) is 0 Å². The highest BCUT2D eigenvalue weighted by Gasteiger charge is 2.26. The lowest BCUT2D eigenvalue weighted by molar-refractivity contribution is 0.0788. The molecular formula is C13H17IN2O. The van der Waals surface area contributed by atoms with Crippen LogP contribution in [0.2, 0.25) is 0 Å². The minimum absolute atomic E-state index is 0.163. The lowest BCUT2D eigenvalue weighted by Gasteiger charge is -2.17. The molecule has 1 heterocycles. The van der Waals surface area contributed by atoms with Gasteiger partial charge in [-0.3, -0.25) is 4.79 Å². The summed E-state index contributed by atoms with van der Waals surface area (Å²) in [4.78, 5) is 14.3. The Kier molecular flexibility index (Phi) is 4.04. The summed E-state index contributed by atoms with van der Waals surface area (Å²) >= 11 is 2.26. The maximum absolute atomic E-state index is 12.4. The predicted molar refractivity (Wildman–Crippen MR) is 77.3 cm³/mol. The molecule has 1 unspecified atom stereocenters. The van der Waals surface area contributed by atoms with Crippen LogP contribution in [0.1, 0.15) is 22.3 Å². The summed E-state index contributed by atoms with van der Waals surface area (Å²) in [6.07, 6.45) is 1.05. The van der Waals surface area contributed by atoms with Crippen LogP contribution in [0.25, 0.3) is 0 Å². The third kappa shape index (κ3) is 2.63. The molecule has 0 aliphatic carbocycles. The van der Waals surface area contributed by atoms with E-state index in [2.05, 4.69) is 27.9 Å². The van der Waals surface area contributed by atoms with Crippen LogP contribution in [-0.2, 0) is 0 Å². The van der Waals surface area contributed by atoms with Gasteiger partial charge in [0.25, 0.3) is 5.91 Å². The SMILES string of the molecule is CNC1CCN(C(=O)c2cccc(C)c2I)C1. The summed E-state index contributed by atoms with van der Waals surface area (Å²) in [7, 11) is 1.95. The van der Waals surface area contributed by atoms with Gasteiger partial charge in [0.15, 0.2) is 0 Å². The summed E-state index contributed by atoms with van der Waals surface area (Å²) in [5.74, 6) is 0.163. The van der Waals surface area contributed by atoms with Gasteiger partial charge >= 0.3 is 0 Å². The molecular weight excluding hydrogens is 327 g/mol. The van der Waals surface area contributed by atoms with Crippen LogP contribution in [0.15, 0.2) is 18.2 Å². The van der Waals surface area contributed by atoms with Gasteiger partial charge in [-0.25, -0.2) is 0 Å². The number of hydrogen-bond acceptors (Lipinski definition) is 2. The van der Waals surface area contributed by atoms with E-state index < -0.39 is 0 Å². The molecule has 0 bridgehead atoms. The molecule has 1 aromatic rings. The van der Waals surface area contributed by atoms with Gasteiger partial charge in [0.1, 0.15) is 0 Å². The predicted octanol–water partition coefficient (Wildman–Crippen LogP) is 2.03. The van der Waals surface area contributed by atoms with Crippen molar-refractivity contribution in [2.24, 2.45) is 0 Å². The molecule has 0 saturated carbocycles. The highest BCUT2D eigenvalue weighted by molar-refractivity contribution is 14.1. The summed E-state index contributed by atoms with van der Waals surface area (Å²) in [5, 5.41) is 3.23. The maximum atomic E-state index is 12.4. The van der Waals surface area contributed by atoms with E-state index in [4.69, 9.17) is 0 Å². The Balaban J connectivity index is 2.18. The van der Waals surface area contributed by atoms with Crippen molar-refractivity contribution in [3.05, 3.63) is 32.9 Å². The molecule has 4 heteroatoms. The number of benzene rings is 1. The number of carbonyl (C=O) groups is 1. The van der Waals surface area contributed by atoms with Crippen molar-refractivity contribution in [2.45, 2.75) is 19.4 Å². The maximum Gasteiger partial charge on any atom is 0.254 e. The van der Waals surface area contributed by atoms with E-state index in [0.29, 0.717) is 6.04 Å². The molecule has 0 radical (unpaired) electrons. The molecule has 1 N–H and O–H groups in total. The van der Waals surface area contributed by atoms with Crippen LogP contribution >= 0.6 is 22.6 Å². The zero-order valence-corrected chi connectivity index (χ0v) is 12.3. The van der Waals surface area contributed by atoms with E-state index in [9.17, 15) is 4.79 Å². The normalized spacial score (nSPS) is 19.7. The van der Waals surface area contributed by atoms with Gasteiger partial charge in [-0.2, -0.15) is 0 Å². The molecule has 17 heavy (non-hydrogen) atoms. The summed E-state index contributed by atoms with van der Waals surface area (Å²) in [5.41, 5.74) is 2.00. The number of rotatable bonds is 2. The number of halogens is 1. The Bertz CT molecular complexity index is 433. The number of nitrogens with zero attached hydrogens (tertiary/aromatic N) is 1. The number of amides is 1. The first-order valence-electron chi connectivity index (χ1n) is 5.85. The van der Waals surface area contributed by atoms with Gasteiger partial charge < -0.3 is 10.2 Å². The minimum atomic E-state index is 0.163. The molecule has 1 fully saturated rings. The second kappa shape index (κ2) is 5.35. The molecule has 1 atom stereocenters. The topological polar surface area (TPSA) is 32.3 Å². The van der Waals surface area contributed by atoms with Crippen molar-refractivity contribution < 1.29 is 4.79 Å². The lowest BCUT2D eigenvalue weighted by Crippen LogP contribution is -2.33. The van der Waals surface area contributed by atoms with Crippen LogP contribution in [-0.4, -0.2) is 37.0 Å². The van der Waals surface area contributed by atoms with Crippen molar-refractivity contribution >= 4 is 28.5 Å². The van der Waals surface area contributed by atoms with E-state index in [-0.39, 0.29) is 5.91 Å². The fraction of sp³-hybridized carbons (Fsp3) is 0.462. The smallest absolute Gasteiger partial charge is 0.254 e. The molecule has 1 saturated heterocycles. The zero-order valence-electron chi connectivity index (χ0n) is 10.2. The van der Waals surface area contributed by atoms with Crippen molar-refractivity contribution in [3.63, 3.8) is 0 Å². The fourth-order valence-corrected chi connectivity index (χ4v) is 2.75. The average molecular weight is 344 g/mol. The monoisotopic (exact) mass is 344 g/mol. The Hall–Kier alpha value is -0.620. The number of aryl methyl sites for hydroxylation is 1. The van der Waals surface area contributed by atoms with Crippen LogP contribution < -0.4 is 5.32 Å². The Morgan fingerprint density at radius 3 is 2.94 bits per heavy atom. The van der Waals surface area contributed by atoms with Gasteiger partial charge in [-0.05, 0) is 54.6 Å². The van der Waals surface area contributed by atoms with E-state index >= 15 is 0 Å². The van der Waals surface area contributed by atoms with Crippen LogP contribution in [0.5, 0.6) is 0 Å². The lowest BCUT2D eigenvalue weighted by atomic mass is 10.1. The highest BCUT2D eigenvalue weighted by atomic mass is 127. The molecule has 0 aromatic heterocycles. The van der Waals surface area contributed by atoms with Crippen molar-refractivity contribution in [3.8, 4) is 0 Å². The van der Waals surface area contributed by atoms with Gasteiger partial charge in [0.05, 0.1) is 5.56 Å². The second-order valence-electron chi connectivity index (χ2n) is 4.46. The number of nitrogens with one attached hydrogen (secondary N) is 1. The first-order chi connectivity index (χ1) is 8.13. The third-order valence-electron chi connectivity index (χ3n) is 3.31. The minimum Gasteiger partial charge on any atom is -0.337 e. The standard InChI is InChI=1S/C13H17IN2O/c1-9-4-3-5-11(12(9)14)13(17)16-7-6-10(8-16)15-2/h3-5,10,15H,6-8H2,1-2H3. The highest BCUT2D eigenvalue weighted by Crippen LogP contribution is 2.20. The van der Waals surface area contributed by atoms with E-state index in [0.717, 1.165) is 28.6 Å². The quantitative estimate of drug-likeness (QED) is 0.833. The average Bonchev–Trinajstić information content (AvgIpc) is 2.80. The third-order valence-corrected chi connectivity index (χ3v) is 4.74. The van der Waals surface area contributed by atoms with Gasteiger partial charge in [-0.1, -0.05) is 12.1 Å². The fourth-order valence-electron chi connectivity index (χ4n) is 2.16. The van der Waals surface area contributed by atoms with E-state index in [1.165, 1.54) is 5.56 Å². The Morgan fingerprint density at radius 1 is 1.53 bits per heavy atom. The van der Waals surface area contributed by atoms with Crippen molar-refractivity contribution in [1.82, 2.24) is 10.2 Å². The number of likely N-dealkylation sites (N-methyl/N-ethyl adjacent to an activating group) is 1. The zero-order chi connectivity index (χ0) is 12.4. The van der Waals surface area contributed by atoms with Gasteiger partial charge in [-0.15, -0.1) is 0 Å². The molecule has 1 aromatic carbocycles. The summed E-state index contributed by atoms with van der Waals surface area (Å²) in [6.45, 7) is 3.71. The Morgan fingerprint density at radius 2 is 2.29 bits per heavy atom. The Labute approximate surface area is 116 Å². The first kappa shape index (κ1) is 12.8. The van der Waals surface area contributed by atoms with Crippen LogP contribution in [0.3, 0.4) is 0 Å². The van der Waals surface area contributed by atoms with Crippen LogP contribution in [0, 0.1) is 10.5 Å². The molecule has 3 nitrogen and oxygen atoms in total. The van der Waals surface area contributed by atoms with E-state index in [1.807, 2.05) is 37.1 Å². The molecule has 1 amide bonds. The summed E-state index contributed by atoms with van der Waals surface area (Å²) in [6, 6.07) is 6.36.